The van der Waals surface area contributed by atoms with Gasteiger partial charge in [-0.05, 0) is 31.4 Å². The van der Waals surface area contributed by atoms with E-state index in [2.05, 4.69) is 0 Å². The highest BCUT2D eigenvalue weighted by atomic mass is 16.5. The highest BCUT2D eigenvalue weighted by Crippen LogP contribution is 2.16. The Morgan fingerprint density at radius 3 is 2.90 bits per heavy atom. The first-order chi connectivity index (χ1) is 9.66. The van der Waals surface area contributed by atoms with Crippen LogP contribution in [0.3, 0.4) is 0 Å². The fourth-order valence-electron chi connectivity index (χ4n) is 2.46. The molecule has 1 aromatic carbocycles. The fraction of sp³-hybridized carbons (Fsp3) is 0.562. The monoisotopic (exact) mass is 277 g/mol. The molecule has 4 heteroatoms. The van der Waals surface area contributed by atoms with Gasteiger partial charge in [-0.1, -0.05) is 25.1 Å². The molecule has 1 fully saturated rings. The van der Waals surface area contributed by atoms with E-state index in [1.807, 2.05) is 37.3 Å². The number of aliphatic hydroxyl groups is 1. The number of piperidine rings is 1. The molecule has 0 spiro atoms. The van der Waals surface area contributed by atoms with Gasteiger partial charge in [0.1, 0.15) is 5.75 Å². The number of amides is 1. The van der Waals surface area contributed by atoms with Crippen molar-refractivity contribution in [2.75, 3.05) is 19.7 Å². The summed E-state index contributed by atoms with van der Waals surface area (Å²) in [6.45, 7) is 3.70. The van der Waals surface area contributed by atoms with E-state index in [1.54, 1.807) is 4.90 Å². The van der Waals surface area contributed by atoms with Crippen LogP contribution in [-0.2, 0) is 4.79 Å². The van der Waals surface area contributed by atoms with E-state index in [0.717, 1.165) is 25.1 Å². The van der Waals surface area contributed by atoms with Crippen LogP contribution in [0.15, 0.2) is 30.3 Å². The summed E-state index contributed by atoms with van der Waals surface area (Å²) in [6.07, 6.45) is 2.02. The smallest absolute Gasteiger partial charge is 0.225 e. The largest absolute Gasteiger partial charge is 0.494 e. The lowest BCUT2D eigenvalue weighted by molar-refractivity contribution is -0.138. The van der Waals surface area contributed by atoms with Crippen molar-refractivity contribution in [3.63, 3.8) is 0 Å². The summed E-state index contributed by atoms with van der Waals surface area (Å²) in [5.74, 6) is 0.893. The van der Waals surface area contributed by atoms with Crippen LogP contribution in [0.2, 0.25) is 0 Å². The number of hydrogen-bond acceptors (Lipinski definition) is 3. The number of β-amino-alcohol motifs (C(OH)–C–C–N with tert-alkyl or cyclic N) is 1. The quantitative estimate of drug-likeness (QED) is 0.896. The predicted octanol–water partition coefficient (Wildman–Crippen LogP) is 2.07. The van der Waals surface area contributed by atoms with Crippen LogP contribution in [0.4, 0.5) is 0 Å². The van der Waals surface area contributed by atoms with Crippen molar-refractivity contribution in [3.8, 4) is 5.75 Å². The highest BCUT2D eigenvalue weighted by Gasteiger charge is 2.25. The molecule has 1 aromatic rings. The van der Waals surface area contributed by atoms with E-state index in [4.69, 9.17) is 4.74 Å². The van der Waals surface area contributed by atoms with Crippen molar-refractivity contribution < 1.29 is 14.6 Å². The molecule has 110 valence electrons. The molecule has 0 radical (unpaired) electrons. The number of benzene rings is 1. The van der Waals surface area contributed by atoms with Crippen LogP contribution in [0.5, 0.6) is 5.75 Å². The van der Waals surface area contributed by atoms with E-state index in [1.165, 1.54) is 0 Å². The molecule has 2 atom stereocenters. The second kappa shape index (κ2) is 7.29. The normalized spacial score (nSPS) is 20.5. The molecule has 0 aromatic heterocycles. The Balaban J connectivity index is 1.73. The Morgan fingerprint density at radius 1 is 1.45 bits per heavy atom. The number of aliphatic hydroxyl groups excluding tert-OH is 1. The third kappa shape index (κ3) is 4.23. The first-order valence-corrected chi connectivity index (χ1v) is 7.31. The lowest BCUT2D eigenvalue weighted by Crippen LogP contribution is -2.44. The van der Waals surface area contributed by atoms with Gasteiger partial charge in [0.25, 0.3) is 0 Å². The molecule has 20 heavy (non-hydrogen) atoms. The molecular formula is C16H23NO3. The van der Waals surface area contributed by atoms with Gasteiger partial charge < -0.3 is 14.7 Å². The third-order valence-electron chi connectivity index (χ3n) is 3.69. The van der Waals surface area contributed by atoms with Gasteiger partial charge in [0.15, 0.2) is 0 Å². The summed E-state index contributed by atoms with van der Waals surface area (Å²) < 4.78 is 5.62. The van der Waals surface area contributed by atoms with Crippen LogP contribution in [0.25, 0.3) is 0 Å². The van der Waals surface area contributed by atoms with Crippen LogP contribution in [0.1, 0.15) is 26.2 Å². The summed E-state index contributed by atoms with van der Waals surface area (Å²) in [6, 6.07) is 9.62. The van der Waals surface area contributed by atoms with Crippen molar-refractivity contribution in [3.05, 3.63) is 30.3 Å². The molecule has 0 saturated carbocycles. The Hall–Kier alpha value is -1.55. The van der Waals surface area contributed by atoms with Crippen molar-refractivity contribution >= 4 is 5.91 Å². The van der Waals surface area contributed by atoms with E-state index < -0.39 is 0 Å². The fourth-order valence-corrected chi connectivity index (χ4v) is 2.46. The molecule has 1 N–H and O–H groups in total. The van der Waals surface area contributed by atoms with Crippen molar-refractivity contribution in [2.24, 2.45) is 5.92 Å². The molecule has 0 bridgehead atoms. The lowest BCUT2D eigenvalue weighted by atomic mass is 10.0. The molecule has 0 aliphatic carbocycles. The maximum absolute atomic E-state index is 12.2. The second-order valence-electron chi connectivity index (χ2n) is 5.43. The molecule has 2 rings (SSSR count). The number of hydrogen-bond donors (Lipinski definition) is 1. The van der Waals surface area contributed by atoms with E-state index in [0.29, 0.717) is 19.6 Å². The molecular weight excluding hydrogens is 254 g/mol. The van der Waals surface area contributed by atoms with Crippen LogP contribution < -0.4 is 4.74 Å². The maximum atomic E-state index is 12.2. The zero-order valence-electron chi connectivity index (χ0n) is 12.0. The number of carbonyl (C=O) groups is 1. The summed E-state index contributed by atoms with van der Waals surface area (Å²) in [7, 11) is 0. The molecule has 4 nitrogen and oxygen atoms in total. The van der Waals surface area contributed by atoms with Gasteiger partial charge in [0.05, 0.1) is 12.7 Å². The third-order valence-corrected chi connectivity index (χ3v) is 3.69. The minimum absolute atomic E-state index is 0.0657. The summed E-state index contributed by atoms with van der Waals surface area (Å²) in [5.41, 5.74) is 0. The van der Waals surface area contributed by atoms with Gasteiger partial charge in [-0.2, -0.15) is 0 Å². The zero-order valence-corrected chi connectivity index (χ0v) is 12.0. The number of nitrogens with zero attached hydrogens (tertiary/aromatic N) is 1. The van der Waals surface area contributed by atoms with Crippen molar-refractivity contribution in [2.45, 2.75) is 32.3 Å². The first-order valence-electron chi connectivity index (χ1n) is 7.31. The summed E-state index contributed by atoms with van der Waals surface area (Å²) >= 11 is 0. The molecule has 1 heterocycles. The zero-order chi connectivity index (χ0) is 14.4. The number of likely N-dealkylation sites (tertiary alicyclic amines) is 1. The number of rotatable bonds is 5. The minimum Gasteiger partial charge on any atom is -0.494 e. The van der Waals surface area contributed by atoms with E-state index in [9.17, 15) is 9.90 Å². The number of para-hydroxylation sites is 1. The van der Waals surface area contributed by atoms with Crippen molar-refractivity contribution in [1.82, 2.24) is 4.90 Å². The summed E-state index contributed by atoms with van der Waals surface area (Å²) in [4.78, 5) is 14.0. The van der Waals surface area contributed by atoms with Gasteiger partial charge in [-0.25, -0.2) is 0 Å². The predicted molar refractivity (Wildman–Crippen MR) is 77.5 cm³/mol. The Morgan fingerprint density at radius 2 is 2.20 bits per heavy atom. The molecule has 1 aliphatic heterocycles. The van der Waals surface area contributed by atoms with Gasteiger partial charge in [-0.3, -0.25) is 4.79 Å². The lowest BCUT2D eigenvalue weighted by Gasteiger charge is -2.32. The average molecular weight is 277 g/mol. The van der Waals surface area contributed by atoms with Gasteiger partial charge in [0, 0.05) is 19.0 Å². The van der Waals surface area contributed by atoms with E-state index >= 15 is 0 Å². The highest BCUT2D eigenvalue weighted by molar-refractivity contribution is 5.78. The van der Waals surface area contributed by atoms with Gasteiger partial charge in [-0.15, -0.1) is 0 Å². The first kappa shape index (κ1) is 14.9. The molecule has 1 aliphatic rings. The standard InChI is InChI=1S/C16H23NO3/c1-13(9-11-20-15-7-3-2-4-8-15)16(19)17-10-5-6-14(18)12-17/h2-4,7-8,13-14,18H,5-6,9-12H2,1H3/t13-,14-/m0/s1. The molecule has 1 amide bonds. The Bertz CT molecular complexity index is 421. The number of carbonyl (C=O) groups excluding carboxylic acids is 1. The summed E-state index contributed by atoms with van der Waals surface area (Å²) in [5, 5.41) is 9.62. The number of ether oxygens (including phenoxy) is 1. The Labute approximate surface area is 120 Å². The van der Waals surface area contributed by atoms with Crippen LogP contribution in [0, 0.1) is 5.92 Å². The van der Waals surface area contributed by atoms with Crippen LogP contribution in [-0.4, -0.2) is 41.7 Å². The van der Waals surface area contributed by atoms with Crippen molar-refractivity contribution in [1.29, 1.82) is 0 Å². The SMILES string of the molecule is C[C@@H](CCOc1ccccc1)C(=O)N1CCC[C@H](O)C1. The molecule has 0 unspecified atom stereocenters. The topological polar surface area (TPSA) is 49.8 Å². The minimum atomic E-state index is -0.361. The van der Waals surface area contributed by atoms with Crippen LogP contribution >= 0.6 is 0 Å². The Kier molecular flexibility index (Phi) is 5.41. The molecule has 1 saturated heterocycles. The second-order valence-corrected chi connectivity index (χ2v) is 5.43. The van der Waals surface area contributed by atoms with E-state index in [-0.39, 0.29) is 17.9 Å². The maximum Gasteiger partial charge on any atom is 0.225 e. The van der Waals surface area contributed by atoms with Gasteiger partial charge in [0.2, 0.25) is 5.91 Å². The average Bonchev–Trinajstić information content (AvgIpc) is 2.47. The van der Waals surface area contributed by atoms with Gasteiger partial charge >= 0.3 is 0 Å².